The van der Waals surface area contributed by atoms with Gasteiger partial charge < -0.3 is 11.1 Å². The van der Waals surface area contributed by atoms with E-state index in [4.69, 9.17) is 5.73 Å². The number of hydrogen-bond acceptors (Lipinski definition) is 4. The number of carbonyl (C=O) groups excluding carboxylic acids is 1. The molecule has 0 saturated carbocycles. The van der Waals surface area contributed by atoms with E-state index in [0.29, 0.717) is 23.0 Å². The number of primary amides is 1. The van der Waals surface area contributed by atoms with Gasteiger partial charge in [0.15, 0.2) is 5.82 Å². The van der Waals surface area contributed by atoms with Crippen molar-refractivity contribution in [2.75, 3.05) is 5.32 Å². The molecule has 3 N–H and O–H groups in total. The van der Waals surface area contributed by atoms with Crippen LogP contribution in [0.4, 0.5) is 10.3 Å². The molecule has 0 spiro atoms. The second-order valence-corrected chi connectivity index (χ2v) is 8.48. The maximum atomic E-state index is 14.7. The summed E-state index contributed by atoms with van der Waals surface area (Å²) in [5.74, 6) is -0.155. The van der Waals surface area contributed by atoms with Crippen molar-refractivity contribution in [1.29, 1.82) is 0 Å². The summed E-state index contributed by atoms with van der Waals surface area (Å²) in [5.41, 5.74) is 8.82. The zero-order valence-electron chi connectivity index (χ0n) is 17.4. The standard InChI is InChI=1S/C23H24FN5O/c1-13-18(20(25)30)19(16-7-5-6-8-17(16)24)29-22(26-13)27-21(28-29)14-9-11-15(12-10-14)23(2,3)4/h5-12,19H,1-4H3,(H2,25,30)(H,26,27,28). The van der Waals surface area contributed by atoms with Gasteiger partial charge in [-0.15, -0.1) is 5.10 Å². The van der Waals surface area contributed by atoms with Gasteiger partial charge in [0, 0.05) is 16.8 Å². The first-order valence-electron chi connectivity index (χ1n) is 9.76. The SMILES string of the molecule is CC1=C(C(N)=O)C(c2ccccc2F)n2nc(-c3ccc(C(C)(C)C)cc3)nc2N1. The molecule has 0 radical (unpaired) electrons. The first-order chi connectivity index (χ1) is 14.2. The number of allylic oxidation sites excluding steroid dienone is 1. The van der Waals surface area contributed by atoms with Gasteiger partial charge in [-0.3, -0.25) is 4.79 Å². The molecule has 1 aliphatic heterocycles. The third-order valence-corrected chi connectivity index (χ3v) is 5.33. The van der Waals surface area contributed by atoms with Crippen LogP contribution in [0.2, 0.25) is 0 Å². The molecule has 4 rings (SSSR count). The van der Waals surface area contributed by atoms with E-state index in [1.807, 2.05) is 12.1 Å². The summed E-state index contributed by atoms with van der Waals surface area (Å²) in [5, 5.41) is 7.70. The smallest absolute Gasteiger partial charge is 0.248 e. The Morgan fingerprint density at radius 3 is 2.40 bits per heavy atom. The number of hydrogen-bond donors (Lipinski definition) is 2. The Morgan fingerprint density at radius 1 is 1.13 bits per heavy atom. The zero-order valence-corrected chi connectivity index (χ0v) is 17.4. The molecule has 7 heteroatoms. The number of carbonyl (C=O) groups is 1. The van der Waals surface area contributed by atoms with E-state index >= 15 is 0 Å². The maximum Gasteiger partial charge on any atom is 0.248 e. The number of rotatable bonds is 3. The topological polar surface area (TPSA) is 85.8 Å². The summed E-state index contributed by atoms with van der Waals surface area (Å²) in [6.45, 7) is 8.18. The average molecular weight is 405 g/mol. The Morgan fingerprint density at radius 2 is 1.80 bits per heavy atom. The summed E-state index contributed by atoms with van der Waals surface area (Å²) in [6, 6.07) is 13.5. The lowest BCUT2D eigenvalue weighted by molar-refractivity contribution is -0.115. The average Bonchev–Trinajstić information content (AvgIpc) is 3.10. The van der Waals surface area contributed by atoms with E-state index in [0.717, 1.165) is 5.56 Å². The summed E-state index contributed by atoms with van der Waals surface area (Å²) in [7, 11) is 0. The number of benzene rings is 2. The van der Waals surface area contributed by atoms with Crippen molar-refractivity contribution in [2.24, 2.45) is 5.73 Å². The summed E-state index contributed by atoms with van der Waals surface area (Å²) >= 11 is 0. The molecule has 0 saturated heterocycles. The third kappa shape index (κ3) is 3.36. The van der Waals surface area contributed by atoms with Crippen LogP contribution in [0.25, 0.3) is 11.4 Å². The molecule has 1 unspecified atom stereocenters. The predicted molar refractivity (Wildman–Crippen MR) is 114 cm³/mol. The second kappa shape index (κ2) is 7.09. The van der Waals surface area contributed by atoms with E-state index in [9.17, 15) is 9.18 Å². The fraction of sp³-hybridized carbons (Fsp3) is 0.261. The normalized spacial score (nSPS) is 16.2. The predicted octanol–water partition coefficient (Wildman–Crippen LogP) is 4.16. The number of aromatic nitrogens is 3. The number of halogens is 1. The highest BCUT2D eigenvalue weighted by atomic mass is 19.1. The van der Waals surface area contributed by atoms with Crippen LogP contribution in [0, 0.1) is 5.82 Å². The molecule has 0 fully saturated rings. The third-order valence-electron chi connectivity index (χ3n) is 5.33. The fourth-order valence-electron chi connectivity index (χ4n) is 3.70. The van der Waals surface area contributed by atoms with Gasteiger partial charge in [0.1, 0.15) is 11.9 Å². The van der Waals surface area contributed by atoms with Gasteiger partial charge >= 0.3 is 0 Å². The molecule has 0 bridgehead atoms. The van der Waals surface area contributed by atoms with E-state index in [-0.39, 0.29) is 11.0 Å². The van der Waals surface area contributed by atoms with Gasteiger partial charge in [0.25, 0.3) is 0 Å². The number of amides is 1. The fourth-order valence-corrected chi connectivity index (χ4v) is 3.70. The van der Waals surface area contributed by atoms with Crippen molar-refractivity contribution < 1.29 is 9.18 Å². The molecule has 2 heterocycles. The number of nitrogens with one attached hydrogen (secondary N) is 1. The molecule has 6 nitrogen and oxygen atoms in total. The van der Waals surface area contributed by atoms with Crippen LogP contribution in [0.15, 0.2) is 59.8 Å². The van der Waals surface area contributed by atoms with Gasteiger partial charge in [-0.2, -0.15) is 4.98 Å². The monoisotopic (exact) mass is 405 g/mol. The van der Waals surface area contributed by atoms with Crippen LogP contribution in [0.1, 0.15) is 44.9 Å². The summed E-state index contributed by atoms with van der Waals surface area (Å²) in [4.78, 5) is 16.8. The molecule has 1 aliphatic rings. The Labute approximate surface area is 174 Å². The molecule has 154 valence electrons. The van der Waals surface area contributed by atoms with Gasteiger partial charge in [-0.25, -0.2) is 9.07 Å². The van der Waals surface area contributed by atoms with Crippen molar-refractivity contribution in [2.45, 2.75) is 39.2 Å². The molecule has 3 aromatic rings. The lowest BCUT2D eigenvalue weighted by atomic mass is 9.87. The van der Waals surface area contributed by atoms with Gasteiger partial charge in [0.2, 0.25) is 11.9 Å². The highest BCUT2D eigenvalue weighted by Crippen LogP contribution is 2.37. The number of nitrogens with two attached hydrogens (primary N) is 1. The van der Waals surface area contributed by atoms with E-state index in [1.165, 1.54) is 16.3 Å². The minimum absolute atomic E-state index is 0.0360. The minimum atomic E-state index is -0.796. The lowest BCUT2D eigenvalue weighted by Crippen LogP contribution is -2.32. The molecule has 1 atom stereocenters. The van der Waals surface area contributed by atoms with Crippen molar-refractivity contribution in [3.63, 3.8) is 0 Å². The van der Waals surface area contributed by atoms with Crippen LogP contribution in [-0.4, -0.2) is 20.7 Å². The largest absolute Gasteiger partial charge is 0.366 e. The summed E-state index contributed by atoms with van der Waals surface area (Å²) < 4.78 is 16.2. The van der Waals surface area contributed by atoms with Crippen LogP contribution >= 0.6 is 0 Å². The molecule has 30 heavy (non-hydrogen) atoms. The van der Waals surface area contributed by atoms with Crippen molar-refractivity contribution in [1.82, 2.24) is 14.8 Å². The molecular formula is C23H24FN5O. The molecular weight excluding hydrogens is 381 g/mol. The van der Waals surface area contributed by atoms with Crippen molar-refractivity contribution in [3.8, 4) is 11.4 Å². The second-order valence-electron chi connectivity index (χ2n) is 8.48. The maximum absolute atomic E-state index is 14.7. The summed E-state index contributed by atoms with van der Waals surface area (Å²) in [6.07, 6.45) is 0. The molecule has 0 aliphatic carbocycles. The first kappa shape index (κ1) is 19.8. The van der Waals surface area contributed by atoms with Crippen molar-refractivity contribution >= 4 is 11.9 Å². The Kier molecular flexibility index (Phi) is 4.68. The zero-order chi connectivity index (χ0) is 21.6. The van der Waals surface area contributed by atoms with E-state index in [1.54, 1.807) is 25.1 Å². The Hall–Kier alpha value is -3.48. The van der Waals surface area contributed by atoms with Crippen LogP contribution in [-0.2, 0) is 10.2 Å². The van der Waals surface area contributed by atoms with Crippen LogP contribution < -0.4 is 11.1 Å². The number of nitrogens with zero attached hydrogens (tertiary/aromatic N) is 3. The Bertz CT molecular complexity index is 1160. The number of anilines is 1. The van der Waals surface area contributed by atoms with Crippen molar-refractivity contribution in [3.05, 3.63) is 76.7 Å². The number of fused-ring (bicyclic) bond motifs is 1. The highest BCUT2D eigenvalue weighted by Gasteiger charge is 2.34. The van der Waals surface area contributed by atoms with Crippen LogP contribution in [0.5, 0.6) is 0 Å². The Balaban J connectivity index is 1.83. The van der Waals surface area contributed by atoms with Gasteiger partial charge in [0.05, 0.1) is 5.57 Å². The van der Waals surface area contributed by atoms with E-state index < -0.39 is 17.8 Å². The highest BCUT2D eigenvalue weighted by molar-refractivity contribution is 5.95. The first-order valence-corrected chi connectivity index (χ1v) is 9.76. The van der Waals surface area contributed by atoms with Gasteiger partial charge in [-0.1, -0.05) is 63.2 Å². The van der Waals surface area contributed by atoms with E-state index in [2.05, 4.69) is 48.3 Å². The van der Waals surface area contributed by atoms with Gasteiger partial charge in [-0.05, 0) is 24.0 Å². The van der Waals surface area contributed by atoms with Crippen LogP contribution in [0.3, 0.4) is 0 Å². The molecule has 1 aromatic heterocycles. The molecule has 1 amide bonds. The quantitative estimate of drug-likeness (QED) is 0.685. The molecule has 2 aromatic carbocycles. The lowest BCUT2D eigenvalue weighted by Gasteiger charge is -2.27. The minimum Gasteiger partial charge on any atom is -0.366 e.